The zero-order chi connectivity index (χ0) is 18.4. The second-order valence-electron chi connectivity index (χ2n) is 6.22. The van der Waals surface area contributed by atoms with E-state index in [1.165, 1.54) is 6.33 Å². The molecule has 5 rings (SSSR count). The number of fused-ring (bicyclic) bond motifs is 2. The summed E-state index contributed by atoms with van der Waals surface area (Å²) in [7, 11) is 0. The Morgan fingerprint density at radius 1 is 1.11 bits per heavy atom. The Morgan fingerprint density at radius 3 is 2.78 bits per heavy atom. The number of carbonyl (C=O) groups excluding carboxylic acids is 1. The molecule has 1 unspecified atom stereocenters. The highest BCUT2D eigenvalue weighted by molar-refractivity contribution is 6.06. The number of nitrogens with zero attached hydrogens (tertiary/aromatic N) is 5. The van der Waals surface area contributed by atoms with Crippen molar-refractivity contribution in [1.82, 2.24) is 19.7 Å². The third kappa shape index (κ3) is 2.28. The van der Waals surface area contributed by atoms with Crippen LogP contribution in [0.15, 0.2) is 61.1 Å². The number of anilines is 1. The van der Waals surface area contributed by atoms with E-state index in [4.69, 9.17) is 5.26 Å². The Labute approximate surface area is 153 Å². The van der Waals surface area contributed by atoms with Crippen molar-refractivity contribution in [1.29, 1.82) is 5.26 Å². The molecule has 0 bridgehead atoms. The molecule has 0 saturated carbocycles. The van der Waals surface area contributed by atoms with Gasteiger partial charge in [0.15, 0.2) is 5.65 Å². The van der Waals surface area contributed by atoms with Crippen LogP contribution in [0.5, 0.6) is 0 Å². The summed E-state index contributed by atoms with van der Waals surface area (Å²) >= 11 is 0. The molecule has 0 radical (unpaired) electrons. The summed E-state index contributed by atoms with van der Waals surface area (Å²) in [6.07, 6.45) is 3.14. The summed E-state index contributed by atoms with van der Waals surface area (Å²) in [5.74, 6) is -0.737. The molecule has 1 N–H and O–H groups in total. The van der Waals surface area contributed by atoms with Crippen LogP contribution in [0.4, 0.5) is 5.69 Å². The third-order valence-electron chi connectivity index (χ3n) is 4.68. The second kappa shape index (κ2) is 5.75. The second-order valence-corrected chi connectivity index (χ2v) is 6.22. The molecule has 0 aliphatic carbocycles. The van der Waals surface area contributed by atoms with Crippen molar-refractivity contribution in [2.24, 2.45) is 0 Å². The quantitative estimate of drug-likeness (QED) is 0.598. The Kier molecular flexibility index (Phi) is 3.24. The summed E-state index contributed by atoms with van der Waals surface area (Å²) in [4.78, 5) is 21.4. The van der Waals surface area contributed by atoms with Gasteiger partial charge in [0.25, 0.3) is 0 Å². The Balaban J connectivity index is 1.68. The first kappa shape index (κ1) is 15.2. The summed E-state index contributed by atoms with van der Waals surface area (Å²) < 4.78 is 1.73. The summed E-state index contributed by atoms with van der Waals surface area (Å²) in [5.41, 5.74) is 4.06. The zero-order valence-corrected chi connectivity index (χ0v) is 14.0. The molecule has 0 saturated heterocycles. The van der Waals surface area contributed by atoms with Crippen molar-refractivity contribution in [3.63, 3.8) is 0 Å². The van der Waals surface area contributed by atoms with Gasteiger partial charge in [-0.05, 0) is 29.8 Å². The number of aromatic nitrogens is 4. The van der Waals surface area contributed by atoms with Crippen molar-refractivity contribution >= 4 is 22.6 Å². The number of amides is 1. The van der Waals surface area contributed by atoms with Gasteiger partial charge in [0.05, 0.1) is 34.6 Å². The van der Waals surface area contributed by atoms with Gasteiger partial charge in [-0.2, -0.15) is 10.4 Å². The first-order valence-electron chi connectivity index (χ1n) is 8.35. The average molecular weight is 352 g/mol. The van der Waals surface area contributed by atoms with E-state index in [1.807, 2.05) is 30.3 Å². The predicted octanol–water partition coefficient (Wildman–Crippen LogP) is 2.77. The van der Waals surface area contributed by atoms with E-state index in [1.54, 1.807) is 29.1 Å². The highest BCUT2D eigenvalue weighted by atomic mass is 16.2. The molecule has 1 aliphatic rings. The maximum Gasteiger partial charge on any atom is 0.238 e. The van der Waals surface area contributed by atoms with Crippen LogP contribution in [0.1, 0.15) is 22.7 Å². The van der Waals surface area contributed by atoms with E-state index in [0.717, 1.165) is 16.6 Å². The van der Waals surface area contributed by atoms with Crippen LogP contribution in [0, 0.1) is 11.3 Å². The normalized spacial score (nSPS) is 15.4. The molecule has 0 fully saturated rings. The SMILES string of the molecule is N#Cc1ccc2c(c1)NC(=O)C2c1ncnc2c1cnn2-c1ccccc1. The van der Waals surface area contributed by atoms with Gasteiger partial charge < -0.3 is 5.32 Å². The molecule has 4 aromatic rings. The number of para-hydroxylation sites is 1. The maximum atomic E-state index is 12.7. The first-order valence-corrected chi connectivity index (χ1v) is 8.35. The Hall–Kier alpha value is -4.05. The topological polar surface area (TPSA) is 96.5 Å². The van der Waals surface area contributed by atoms with Gasteiger partial charge in [-0.15, -0.1) is 0 Å². The zero-order valence-electron chi connectivity index (χ0n) is 14.0. The highest BCUT2D eigenvalue weighted by Gasteiger charge is 2.35. The van der Waals surface area contributed by atoms with Crippen molar-refractivity contribution in [2.45, 2.75) is 5.92 Å². The van der Waals surface area contributed by atoms with Gasteiger partial charge in [-0.1, -0.05) is 24.3 Å². The van der Waals surface area contributed by atoms with Crippen molar-refractivity contribution in [3.05, 3.63) is 77.9 Å². The lowest BCUT2D eigenvalue weighted by atomic mass is 9.94. The van der Waals surface area contributed by atoms with Crippen molar-refractivity contribution in [2.75, 3.05) is 5.32 Å². The van der Waals surface area contributed by atoms with Crippen LogP contribution in [0.2, 0.25) is 0 Å². The summed E-state index contributed by atoms with van der Waals surface area (Å²) in [6.45, 7) is 0. The van der Waals surface area contributed by atoms with E-state index >= 15 is 0 Å². The van der Waals surface area contributed by atoms with Gasteiger partial charge in [0.2, 0.25) is 5.91 Å². The standard InChI is InChI=1S/C20H12N6O/c21-9-12-6-7-14-16(8-12)25-20(27)17(14)18-15-10-24-26(19(15)23-11-22-18)13-4-2-1-3-5-13/h1-8,10-11,17H,(H,25,27). The molecule has 128 valence electrons. The van der Waals surface area contributed by atoms with Gasteiger partial charge in [-0.3, -0.25) is 4.79 Å². The molecule has 1 aliphatic heterocycles. The van der Waals surface area contributed by atoms with Crippen LogP contribution < -0.4 is 5.32 Å². The average Bonchev–Trinajstić information content (AvgIpc) is 3.28. The number of nitriles is 1. The maximum absolute atomic E-state index is 12.7. The van der Waals surface area contributed by atoms with Crippen molar-refractivity contribution in [3.8, 4) is 11.8 Å². The largest absolute Gasteiger partial charge is 0.325 e. The minimum atomic E-state index is -0.563. The lowest BCUT2D eigenvalue weighted by Gasteiger charge is -2.09. The smallest absolute Gasteiger partial charge is 0.238 e. The van der Waals surface area contributed by atoms with E-state index < -0.39 is 5.92 Å². The molecule has 1 amide bonds. The Bertz CT molecular complexity index is 1240. The van der Waals surface area contributed by atoms with Crippen LogP contribution >= 0.6 is 0 Å². The summed E-state index contributed by atoms with van der Waals surface area (Å²) in [6, 6.07) is 16.9. The van der Waals surface area contributed by atoms with Gasteiger partial charge in [-0.25, -0.2) is 14.6 Å². The molecule has 7 nitrogen and oxygen atoms in total. The highest BCUT2D eigenvalue weighted by Crippen LogP contribution is 2.39. The molecular weight excluding hydrogens is 340 g/mol. The molecule has 0 spiro atoms. The third-order valence-corrected chi connectivity index (χ3v) is 4.68. The number of benzene rings is 2. The fourth-order valence-corrected chi connectivity index (χ4v) is 3.45. The molecule has 27 heavy (non-hydrogen) atoms. The number of nitrogens with one attached hydrogen (secondary N) is 1. The van der Waals surface area contributed by atoms with Crippen LogP contribution in [-0.2, 0) is 4.79 Å². The number of carbonyl (C=O) groups is 1. The minimum Gasteiger partial charge on any atom is -0.325 e. The van der Waals surface area contributed by atoms with E-state index in [0.29, 0.717) is 22.6 Å². The van der Waals surface area contributed by atoms with E-state index in [9.17, 15) is 4.79 Å². The molecule has 3 heterocycles. The van der Waals surface area contributed by atoms with Gasteiger partial charge in [0, 0.05) is 5.69 Å². The fourth-order valence-electron chi connectivity index (χ4n) is 3.45. The molecular formula is C20H12N6O. The monoisotopic (exact) mass is 352 g/mol. The minimum absolute atomic E-state index is 0.174. The lowest BCUT2D eigenvalue weighted by molar-refractivity contribution is -0.116. The number of hydrogen-bond acceptors (Lipinski definition) is 5. The van der Waals surface area contributed by atoms with Crippen LogP contribution in [-0.4, -0.2) is 25.7 Å². The molecule has 7 heteroatoms. The van der Waals surface area contributed by atoms with Crippen LogP contribution in [0.3, 0.4) is 0 Å². The Morgan fingerprint density at radius 2 is 1.96 bits per heavy atom. The summed E-state index contributed by atoms with van der Waals surface area (Å²) in [5, 5.41) is 17.1. The van der Waals surface area contributed by atoms with E-state index in [-0.39, 0.29) is 5.91 Å². The fraction of sp³-hybridized carbons (Fsp3) is 0.0500. The number of rotatable bonds is 2. The van der Waals surface area contributed by atoms with Gasteiger partial charge >= 0.3 is 0 Å². The predicted molar refractivity (Wildman–Crippen MR) is 98.3 cm³/mol. The molecule has 2 aromatic heterocycles. The lowest BCUT2D eigenvalue weighted by Crippen LogP contribution is -2.15. The van der Waals surface area contributed by atoms with E-state index in [2.05, 4.69) is 26.5 Å². The first-order chi connectivity index (χ1) is 13.3. The molecule has 2 aromatic carbocycles. The van der Waals surface area contributed by atoms with Crippen LogP contribution in [0.25, 0.3) is 16.7 Å². The number of hydrogen-bond donors (Lipinski definition) is 1. The molecule has 1 atom stereocenters. The van der Waals surface area contributed by atoms with Gasteiger partial charge in [0.1, 0.15) is 12.2 Å². The van der Waals surface area contributed by atoms with Crippen molar-refractivity contribution < 1.29 is 4.79 Å².